The number of rotatable bonds is 3. The minimum Gasteiger partial charge on any atom is -0.449 e. The summed E-state index contributed by atoms with van der Waals surface area (Å²) < 4.78 is 31.4. The molecule has 1 saturated carbocycles. The molecule has 2 unspecified atom stereocenters. The molecule has 0 amide bonds. The third-order valence-electron chi connectivity index (χ3n) is 2.78. The standard InChI is InChI=1S/C10H16N2O3S/c1-7-2-5-10(15-7)16(13,14)12-9-4-3-8(11)6-9/h2,5,8-9,12H,3-4,6,11H2,1H3. The zero-order valence-electron chi connectivity index (χ0n) is 9.14. The van der Waals surface area contributed by atoms with E-state index in [4.69, 9.17) is 10.2 Å². The number of nitrogens with two attached hydrogens (primary N) is 1. The Morgan fingerprint density at radius 3 is 2.69 bits per heavy atom. The molecule has 0 bridgehead atoms. The van der Waals surface area contributed by atoms with E-state index in [1.54, 1.807) is 13.0 Å². The summed E-state index contributed by atoms with van der Waals surface area (Å²) in [6.07, 6.45) is 2.35. The smallest absolute Gasteiger partial charge is 0.274 e. The molecule has 16 heavy (non-hydrogen) atoms. The van der Waals surface area contributed by atoms with Gasteiger partial charge in [-0.3, -0.25) is 0 Å². The van der Waals surface area contributed by atoms with Crippen molar-refractivity contribution in [1.82, 2.24) is 4.72 Å². The molecule has 2 rings (SSSR count). The van der Waals surface area contributed by atoms with Gasteiger partial charge in [0.05, 0.1) is 0 Å². The molecule has 3 N–H and O–H groups in total. The van der Waals surface area contributed by atoms with Crippen LogP contribution in [0.15, 0.2) is 21.6 Å². The molecule has 1 aliphatic rings. The molecule has 1 aromatic rings. The van der Waals surface area contributed by atoms with E-state index in [0.717, 1.165) is 12.8 Å². The molecule has 1 heterocycles. The summed E-state index contributed by atoms with van der Waals surface area (Å²) in [6.45, 7) is 1.71. The van der Waals surface area contributed by atoms with Crippen molar-refractivity contribution in [1.29, 1.82) is 0 Å². The molecular formula is C10H16N2O3S. The predicted octanol–water partition coefficient (Wildman–Crippen LogP) is 0.746. The number of sulfonamides is 1. The first-order valence-electron chi connectivity index (χ1n) is 5.32. The Morgan fingerprint density at radius 1 is 1.44 bits per heavy atom. The summed E-state index contributed by atoms with van der Waals surface area (Å²) in [4.78, 5) is 0. The van der Waals surface area contributed by atoms with Gasteiger partial charge in [0, 0.05) is 12.1 Å². The van der Waals surface area contributed by atoms with Crippen LogP contribution in [0.25, 0.3) is 0 Å². The Labute approximate surface area is 95.1 Å². The molecule has 0 spiro atoms. The van der Waals surface area contributed by atoms with E-state index in [0.29, 0.717) is 12.2 Å². The summed E-state index contributed by atoms with van der Waals surface area (Å²) in [5.74, 6) is 0.587. The van der Waals surface area contributed by atoms with Gasteiger partial charge in [-0.15, -0.1) is 0 Å². The summed E-state index contributed by atoms with van der Waals surface area (Å²) in [7, 11) is -3.52. The van der Waals surface area contributed by atoms with E-state index < -0.39 is 10.0 Å². The third-order valence-corrected chi connectivity index (χ3v) is 4.17. The van der Waals surface area contributed by atoms with E-state index in [1.807, 2.05) is 0 Å². The first kappa shape index (κ1) is 11.6. The molecule has 0 saturated heterocycles. The molecular weight excluding hydrogens is 228 g/mol. The molecule has 5 nitrogen and oxygen atoms in total. The highest BCUT2D eigenvalue weighted by Gasteiger charge is 2.28. The van der Waals surface area contributed by atoms with Gasteiger partial charge in [-0.2, -0.15) is 0 Å². The molecule has 1 aromatic heterocycles. The van der Waals surface area contributed by atoms with Crippen LogP contribution in [0.3, 0.4) is 0 Å². The van der Waals surface area contributed by atoms with E-state index in [1.165, 1.54) is 6.07 Å². The number of furan rings is 1. The second-order valence-corrected chi connectivity index (χ2v) is 5.90. The topological polar surface area (TPSA) is 85.3 Å². The predicted molar refractivity (Wildman–Crippen MR) is 59.4 cm³/mol. The number of nitrogens with one attached hydrogen (secondary N) is 1. The van der Waals surface area contributed by atoms with Crippen molar-refractivity contribution in [3.8, 4) is 0 Å². The van der Waals surface area contributed by atoms with Crippen molar-refractivity contribution in [3.63, 3.8) is 0 Å². The monoisotopic (exact) mass is 244 g/mol. The first-order valence-corrected chi connectivity index (χ1v) is 6.80. The van der Waals surface area contributed by atoms with Crippen molar-refractivity contribution in [3.05, 3.63) is 17.9 Å². The van der Waals surface area contributed by atoms with Gasteiger partial charge < -0.3 is 10.2 Å². The fraction of sp³-hybridized carbons (Fsp3) is 0.600. The lowest BCUT2D eigenvalue weighted by Gasteiger charge is -2.10. The fourth-order valence-electron chi connectivity index (χ4n) is 1.96. The lowest BCUT2D eigenvalue weighted by atomic mass is 10.2. The maximum Gasteiger partial charge on any atom is 0.274 e. The highest BCUT2D eigenvalue weighted by Crippen LogP contribution is 2.20. The highest BCUT2D eigenvalue weighted by atomic mass is 32.2. The van der Waals surface area contributed by atoms with Gasteiger partial charge >= 0.3 is 0 Å². The van der Waals surface area contributed by atoms with Crippen LogP contribution in [0, 0.1) is 6.92 Å². The summed E-state index contributed by atoms with van der Waals surface area (Å²) >= 11 is 0. The van der Waals surface area contributed by atoms with Crippen LogP contribution in [-0.4, -0.2) is 20.5 Å². The van der Waals surface area contributed by atoms with Crippen LogP contribution in [0.2, 0.25) is 0 Å². The van der Waals surface area contributed by atoms with E-state index in [2.05, 4.69) is 4.72 Å². The Morgan fingerprint density at radius 2 is 2.19 bits per heavy atom. The van der Waals surface area contributed by atoms with Crippen molar-refractivity contribution < 1.29 is 12.8 Å². The van der Waals surface area contributed by atoms with Gasteiger partial charge in [-0.05, 0) is 38.3 Å². The number of aryl methyl sites for hydroxylation is 1. The van der Waals surface area contributed by atoms with Crippen molar-refractivity contribution in [2.75, 3.05) is 0 Å². The van der Waals surface area contributed by atoms with Gasteiger partial charge in [0.2, 0.25) is 5.09 Å². The maximum absolute atomic E-state index is 11.9. The van der Waals surface area contributed by atoms with Gasteiger partial charge in [-0.1, -0.05) is 0 Å². The summed E-state index contributed by atoms with van der Waals surface area (Å²) in [5, 5.41) is -0.0227. The molecule has 0 radical (unpaired) electrons. The quantitative estimate of drug-likeness (QED) is 0.821. The Bertz CT molecular complexity index is 466. The van der Waals surface area contributed by atoms with Crippen LogP contribution >= 0.6 is 0 Å². The van der Waals surface area contributed by atoms with Crippen LogP contribution in [-0.2, 0) is 10.0 Å². The van der Waals surface area contributed by atoms with Crippen molar-refractivity contribution >= 4 is 10.0 Å². The molecule has 1 aliphatic carbocycles. The van der Waals surface area contributed by atoms with E-state index in [-0.39, 0.29) is 17.2 Å². The average Bonchev–Trinajstić information content (AvgIpc) is 2.75. The third kappa shape index (κ3) is 2.45. The van der Waals surface area contributed by atoms with Crippen LogP contribution in [0.4, 0.5) is 0 Å². The Balaban J connectivity index is 2.09. The van der Waals surface area contributed by atoms with Crippen molar-refractivity contribution in [2.45, 2.75) is 43.4 Å². The van der Waals surface area contributed by atoms with Crippen LogP contribution in [0.5, 0.6) is 0 Å². The molecule has 1 fully saturated rings. The summed E-state index contributed by atoms with van der Waals surface area (Å²) in [5.41, 5.74) is 5.73. The van der Waals surface area contributed by atoms with E-state index >= 15 is 0 Å². The molecule has 0 aromatic carbocycles. The van der Waals surface area contributed by atoms with Crippen molar-refractivity contribution in [2.24, 2.45) is 5.73 Å². The largest absolute Gasteiger partial charge is 0.449 e. The molecule has 2 atom stereocenters. The fourth-order valence-corrected chi connectivity index (χ4v) is 3.21. The number of hydrogen-bond acceptors (Lipinski definition) is 4. The maximum atomic E-state index is 11.9. The van der Waals surface area contributed by atoms with Gasteiger partial charge in [0.15, 0.2) is 0 Å². The molecule has 0 aliphatic heterocycles. The van der Waals surface area contributed by atoms with Gasteiger partial charge in [-0.25, -0.2) is 13.1 Å². The lowest BCUT2D eigenvalue weighted by molar-refractivity contribution is 0.421. The SMILES string of the molecule is Cc1ccc(S(=O)(=O)NC2CCC(N)C2)o1. The minimum atomic E-state index is -3.52. The zero-order chi connectivity index (χ0) is 11.8. The highest BCUT2D eigenvalue weighted by molar-refractivity contribution is 7.89. The normalized spacial score (nSPS) is 26.1. The molecule has 90 valence electrons. The minimum absolute atomic E-state index is 0.0227. The lowest BCUT2D eigenvalue weighted by Crippen LogP contribution is -2.33. The second kappa shape index (κ2) is 4.20. The van der Waals surface area contributed by atoms with Gasteiger partial charge in [0.25, 0.3) is 10.0 Å². The molecule has 6 heteroatoms. The Hall–Kier alpha value is -0.850. The summed E-state index contributed by atoms with van der Waals surface area (Å²) in [6, 6.07) is 3.14. The van der Waals surface area contributed by atoms with E-state index in [9.17, 15) is 8.42 Å². The van der Waals surface area contributed by atoms with Gasteiger partial charge in [0.1, 0.15) is 5.76 Å². The van der Waals surface area contributed by atoms with Crippen LogP contribution in [0.1, 0.15) is 25.0 Å². The average molecular weight is 244 g/mol. The second-order valence-electron chi connectivity index (χ2n) is 4.26. The zero-order valence-corrected chi connectivity index (χ0v) is 9.96. The number of hydrogen-bond donors (Lipinski definition) is 2. The first-order chi connectivity index (χ1) is 7.47. The Kier molecular flexibility index (Phi) is 3.05. The van der Waals surface area contributed by atoms with Crippen LogP contribution < -0.4 is 10.5 Å².